The fourth-order valence-electron chi connectivity index (χ4n) is 2.71. The summed E-state index contributed by atoms with van der Waals surface area (Å²) in [7, 11) is 0. The monoisotopic (exact) mass is 304 g/mol. The molecule has 1 aliphatic heterocycles. The predicted octanol–water partition coefficient (Wildman–Crippen LogP) is 2.47. The zero-order chi connectivity index (χ0) is 16.1. The van der Waals surface area contributed by atoms with Gasteiger partial charge in [-0.1, -0.05) is 0 Å². The van der Waals surface area contributed by atoms with Crippen molar-refractivity contribution in [2.24, 2.45) is 0 Å². The minimum atomic E-state index is -4.55. The van der Waals surface area contributed by atoms with Gasteiger partial charge in [0.25, 0.3) is 0 Å². The lowest BCUT2D eigenvalue weighted by Gasteiger charge is -2.47. The van der Waals surface area contributed by atoms with E-state index < -0.39 is 23.1 Å². The topological polar surface area (TPSA) is 64.3 Å². The zero-order valence-corrected chi connectivity index (χ0v) is 12.5. The molecule has 1 aromatic heterocycles. The summed E-state index contributed by atoms with van der Waals surface area (Å²) in [6, 6.07) is 0.924. The highest BCUT2D eigenvalue weighted by atomic mass is 19.4. The van der Waals surface area contributed by atoms with E-state index in [1.807, 2.05) is 27.7 Å². The largest absolute Gasteiger partial charge is 0.433 e. The Balaban J connectivity index is 2.39. The van der Waals surface area contributed by atoms with Crippen molar-refractivity contribution in [2.75, 3.05) is 23.7 Å². The number of halogens is 3. The van der Waals surface area contributed by atoms with Gasteiger partial charge in [0.2, 0.25) is 5.95 Å². The van der Waals surface area contributed by atoms with Gasteiger partial charge in [0.15, 0.2) is 5.69 Å². The van der Waals surface area contributed by atoms with E-state index >= 15 is 0 Å². The first-order valence-corrected chi connectivity index (χ1v) is 6.55. The number of ether oxygens (including phenoxy) is 1. The summed E-state index contributed by atoms with van der Waals surface area (Å²) in [6.45, 7) is 8.38. The van der Waals surface area contributed by atoms with Crippen molar-refractivity contribution in [3.05, 3.63) is 11.8 Å². The summed E-state index contributed by atoms with van der Waals surface area (Å²) in [5.41, 5.74) is 3.38. The number of alkyl halides is 3. The lowest BCUT2D eigenvalue weighted by atomic mass is 9.99. The van der Waals surface area contributed by atoms with Gasteiger partial charge in [0, 0.05) is 19.2 Å². The Morgan fingerprint density at radius 3 is 2.14 bits per heavy atom. The van der Waals surface area contributed by atoms with Gasteiger partial charge in [-0.2, -0.15) is 18.2 Å². The molecule has 5 nitrogen and oxygen atoms in total. The Morgan fingerprint density at radius 2 is 1.67 bits per heavy atom. The zero-order valence-electron chi connectivity index (χ0n) is 12.5. The van der Waals surface area contributed by atoms with E-state index in [-0.39, 0.29) is 11.8 Å². The van der Waals surface area contributed by atoms with Crippen molar-refractivity contribution in [3.63, 3.8) is 0 Å². The van der Waals surface area contributed by atoms with Gasteiger partial charge in [0.05, 0.1) is 11.2 Å². The molecule has 118 valence electrons. The highest BCUT2D eigenvalue weighted by Crippen LogP contribution is 2.34. The molecule has 8 heteroatoms. The predicted molar refractivity (Wildman–Crippen MR) is 72.9 cm³/mol. The fraction of sp³-hybridized carbons (Fsp3) is 0.692. The Kier molecular flexibility index (Phi) is 3.56. The molecule has 0 radical (unpaired) electrons. The molecule has 0 spiro atoms. The van der Waals surface area contributed by atoms with Crippen LogP contribution in [-0.2, 0) is 10.9 Å². The van der Waals surface area contributed by atoms with Crippen LogP contribution in [0.5, 0.6) is 0 Å². The molecule has 1 aliphatic rings. The second-order valence-electron chi connectivity index (χ2n) is 6.44. The molecule has 1 aromatic rings. The first kappa shape index (κ1) is 15.8. The molecule has 0 unspecified atom stereocenters. The quantitative estimate of drug-likeness (QED) is 0.863. The Labute approximate surface area is 121 Å². The van der Waals surface area contributed by atoms with Crippen LogP contribution in [0.1, 0.15) is 33.4 Å². The third-order valence-electron chi connectivity index (χ3n) is 3.04. The van der Waals surface area contributed by atoms with Crippen LogP contribution in [0.15, 0.2) is 6.07 Å². The normalized spacial score (nSPS) is 21.4. The Morgan fingerprint density at radius 1 is 1.14 bits per heavy atom. The van der Waals surface area contributed by atoms with Gasteiger partial charge in [-0.05, 0) is 27.7 Å². The first-order chi connectivity index (χ1) is 9.38. The number of morpholine rings is 1. The van der Waals surface area contributed by atoms with E-state index in [9.17, 15) is 13.2 Å². The number of nitrogens with two attached hydrogens (primary N) is 1. The average Bonchev–Trinajstić information content (AvgIpc) is 2.22. The average molecular weight is 304 g/mol. The number of hydrogen-bond acceptors (Lipinski definition) is 5. The van der Waals surface area contributed by atoms with Crippen molar-refractivity contribution in [3.8, 4) is 0 Å². The van der Waals surface area contributed by atoms with Crippen LogP contribution in [0.25, 0.3) is 0 Å². The molecule has 0 atom stereocenters. The van der Waals surface area contributed by atoms with E-state index in [1.54, 1.807) is 4.90 Å². The van der Waals surface area contributed by atoms with Gasteiger partial charge >= 0.3 is 6.18 Å². The number of anilines is 2. The number of aromatic nitrogens is 2. The maximum atomic E-state index is 12.8. The van der Waals surface area contributed by atoms with Crippen LogP contribution in [0.3, 0.4) is 0 Å². The third-order valence-corrected chi connectivity index (χ3v) is 3.04. The van der Waals surface area contributed by atoms with Crippen molar-refractivity contribution in [1.29, 1.82) is 0 Å². The lowest BCUT2D eigenvalue weighted by molar-refractivity contribution is -0.141. The second kappa shape index (κ2) is 4.72. The minimum absolute atomic E-state index is 0.166. The maximum absolute atomic E-state index is 12.8. The molecule has 1 saturated heterocycles. The van der Waals surface area contributed by atoms with Crippen LogP contribution < -0.4 is 10.6 Å². The van der Waals surface area contributed by atoms with E-state index in [1.165, 1.54) is 0 Å². The van der Waals surface area contributed by atoms with Crippen molar-refractivity contribution >= 4 is 11.8 Å². The van der Waals surface area contributed by atoms with Gasteiger partial charge in [0.1, 0.15) is 5.82 Å². The number of hydrogen-bond donors (Lipinski definition) is 1. The van der Waals surface area contributed by atoms with E-state index in [0.29, 0.717) is 13.1 Å². The SMILES string of the molecule is CC1(C)CN(c2cc(C(F)(F)F)nc(N)n2)CC(C)(C)O1. The molecule has 0 saturated carbocycles. The Bertz CT molecular complexity index is 527. The van der Waals surface area contributed by atoms with E-state index in [2.05, 4.69) is 9.97 Å². The van der Waals surface area contributed by atoms with Crippen LogP contribution in [-0.4, -0.2) is 34.3 Å². The van der Waals surface area contributed by atoms with Crippen molar-refractivity contribution < 1.29 is 17.9 Å². The van der Waals surface area contributed by atoms with Gasteiger partial charge in [-0.25, -0.2) is 4.98 Å². The summed E-state index contributed by atoms with van der Waals surface area (Å²) in [5, 5.41) is 0. The van der Waals surface area contributed by atoms with Gasteiger partial charge < -0.3 is 15.4 Å². The minimum Gasteiger partial charge on any atom is -0.368 e. The molecule has 2 N–H and O–H groups in total. The smallest absolute Gasteiger partial charge is 0.368 e. The van der Waals surface area contributed by atoms with Crippen molar-refractivity contribution in [2.45, 2.75) is 45.1 Å². The van der Waals surface area contributed by atoms with E-state index in [4.69, 9.17) is 10.5 Å². The summed E-state index contributed by atoms with van der Waals surface area (Å²) in [5.74, 6) is -0.221. The van der Waals surface area contributed by atoms with Crippen LogP contribution in [0.2, 0.25) is 0 Å². The number of nitrogen functional groups attached to an aromatic ring is 1. The van der Waals surface area contributed by atoms with Crippen molar-refractivity contribution in [1.82, 2.24) is 9.97 Å². The highest BCUT2D eigenvalue weighted by molar-refractivity contribution is 5.45. The standard InChI is InChI=1S/C13H19F3N4O/c1-11(2)6-20(7-12(3,4)21-11)9-5-8(13(14,15)16)18-10(17)19-9/h5H,6-7H2,1-4H3,(H2,17,18,19). The van der Waals surface area contributed by atoms with Gasteiger partial charge in [-0.15, -0.1) is 0 Å². The Hall–Kier alpha value is -1.57. The number of nitrogens with zero attached hydrogens (tertiary/aromatic N) is 3. The molecule has 0 bridgehead atoms. The number of rotatable bonds is 1. The second-order valence-corrected chi connectivity index (χ2v) is 6.44. The van der Waals surface area contributed by atoms with Gasteiger partial charge in [-0.3, -0.25) is 0 Å². The molecule has 0 aliphatic carbocycles. The molecule has 21 heavy (non-hydrogen) atoms. The molecule has 2 heterocycles. The molecule has 1 fully saturated rings. The lowest BCUT2D eigenvalue weighted by Crippen LogP contribution is -2.57. The first-order valence-electron chi connectivity index (χ1n) is 6.55. The molecule has 0 aromatic carbocycles. The summed E-state index contributed by atoms with van der Waals surface area (Å²) in [4.78, 5) is 8.94. The summed E-state index contributed by atoms with van der Waals surface area (Å²) in [6.07, 6.45) is -4.55. The molecule has 0 amide bonds. The van der Waals surface area contributed by atoms with E-state index in [0.717, 1.165) is 6.07 Å². The maximum Gasteiger partial charge on any atom is 0.433 e. The third kappa shape index (κ3) is 3.75. The summed E-state index contributed by atoms with van der Waals surface area (Å²) < 4.78 is 44.4. The summed E-state index contributed by atoms with van der Waals surface area (Å²) >= 11 is 0. The van der Waals surface area contributed by atoms with Crippen LogP contribution in [0.4, 0.5) is 24.9 Å². The molecule has 2 rings (SSSR count). The molecular weight excluding hydrogens is 285 g/mol. The van der Waals surface area contributed by atoms with Crippen LogP contribution in [0, 0.1) is 0 Å². The highest BCUT2D eigenvalue weighted by Gasteiger charge is 2.40. The molecular formula is C13H19F3N4O. The fourth-order valence-corrected chi connectivity index (χ4v) is 2.71. The van der Waals surface area contributed by atoms with Crippen LogP contribution >= 0.6 is 0 Å².